The molecule has 3 amide bonds. The Morgan fingerprint density at radius 2 is 1.88 bits per heavy atom. The molecule has 0 radical (unpaired) electrons. The smallest absolute Gasteiger partial charge is 0.313 e. The van der Waals surface area contributed by atoms with E-state index in [2.05, 4.69) is 25.4 Å². The lowest BCUT2D eigenvalue weighted by molar-refractivity contribution is -0.163. The van der Waals surface area contributed by atoms with Crippen LogP contribution in [-0.4, -0.2) is 87.6 Å². The molecule has 10 heteroatoms. The minimum Gasteiger partial charge on any atom is -0.455 e. The van der Waals surface area contributed by atoms with E-state index in [0.717, 1.165) is 12.8 Å². The van der Waals surface area contributed by atoms with Crippen molar-refractivity contribution in [3.05, 3.63) is 61.2 Å². The molecule has 10 nitrogen and oxygen atoms in total. The molecule has 2 bridgehead atoms. The molecule has 3 aliphatic heterocycles. The van der Waals surface area contributed by atoms with Crippen molar-refractivity contribution >= 4 is 23.7 Å². The van der Waals surface area contributed by atoms with Gasteiger partial charge < -0.3 is 29.7 Å². The Balaban J connectivity index is 1.73. The van der Waals surface area contributed by atoms with Crippen molar-refractivity contribution in [2.45, 2.75) is 122 Å². The summed E-state index contributed by atoms with van der Waals surface area (Å²) in [5, 5.41) is 13.6. The molecule has 1 aromatic carbocycles. The van der Waals surface area contributed by atoms with Crippen LogP contribution in [0, 0.1) is 17.8 Å². The number of esters is 1. The van der Waals surface area contributed by atoms with Gasteiger partial charge in [0.15, 0.2) is 0 Å². The number of hydrogen-bond donors (Lipinski definition) is 2. The van der Waals surface area contributed by atoms with Gasteiger partial charge in [0.1, 0.15) is 17.7 Å². The predicted molar refractivity (Wildman–Crippen MR) is 183 cm³/mol. The fraction of sp³-hybridized carbons (Fsp3) is 0.632. The van der Waals surface area contributed by atoms with Crippen molar-refractivity contribution in [2.75, 3.05) is 13.2 Å². The summed E-state index contributed by atoms with van der Waals surface area (Å²) in [5.41, 5.74) is -0.530. The van der Waals surface area contributed by atoms with Crippen LogP contribution in [0.25, 0.3) is 0 Å². The summed E-state index contributed by atoms with van der Waals surface area (Å²) in [7, 11) is 0. The summed E-state index contributed by atoms with van der Waals surface area (Å²) in [6.07, 6.45) is 5.96. The molecule has 1 aromatic rings. The molecule has 1 spiro atoms. The van der Waals surface area contributed by atoms with E-state index in [1.807, 2.05) is 51.1 Å². The average Bonchev–Trinajstić information content (AvgIpc) is 3.73. The zero-order chi connectivity index (χ0) is 35.2. The number of aliphatic hydroxyl groups is 1. The Labute approximate surface area is 285 Å². The number of carbonyl (C=O) groups excluding carboxylic acids is 4. The van der Waals surface area contributed by atoms with Gasteiger partial charge in [-0.3, -0.25) is 19.2 Å². The summed E-state index contributed by atoms with van der Waals surface area (Å²) < 4.78 is 12.9. The summed E-state index contributed by atoms with van der Waals surface area (Å²) in [5.74, 6) is -3.40. The maximum atomic E-state index is 14.7. The fourth-order valence-electron chi connectivity index (χ4n) is 8.11. The molecule has 1 unspecified atom stereocenters. The first-order valence-electron chi connectivity index (χ1n) is 17.7. The number of ether oxygens (including phenoxy) is 2. The van der Waals surface area contributed by atoms with Crippen LogP contribution in [0.15, 0.2) is 55.6 Å². The van der Waals surface area contributed by atoms with Gasteiger partial charge in [-0.15, -0.1) is 13.2 Å². The Morgan fingerprint density at radius 1 is 1.17 bits per heavy atom. The molecular weight excluding hydrogens is 610 g/mol. The Hall–Kier alpha value is -3.50. The molecule has 3 aliphatic rings. The maximum absolute atomic E-state index is 14.7. The third-order valence-corrected chi connectivity index (χ3v) is 10.7. The summed E-state index contributed by atoms with van der Waals surface area (Å²) in [6, 6.07) is 6.89. The SMILES string of the molecule is C=CCCC(=O)N[C@@H](C)[C@H](OC(=O)[C@@H]1[C@@H]2CC[C@]3(O2)[C@H](C(=O)N(CC=C)C(C)CCC)N([C@@H](CO)[C@@H](C)CC)C(=O)[C@@H]13)c1ccccc1. The molecule has 3 fully saturated rings. The molecule has 3 heterocycles. The largest absolute Gasteiger partial charge is 0.455 e. The standard InChI is InChI=1S/C38H55N3O7/c1-8-12-19-30(43)39-26(7)33(27-17-14-13-15-18-27)47-37(46)31-29-20-21-38(48-29)32(31)35(44)41(28(23-42)24(5)11-4)34(38)36(45)40(22-10-3)25(6)16-9-2/h8,10,13-15,17-18,24-26,28-29,31-34,42H,1,3,9,11-12,16,19-23H2,2,4-7H3,(H,39,43)/t24-,25?,26-,28-,29-,31+,32+,33-,34-,38+/m0/s1. The van der Waals surface area contributed by atoms with Gasteiger partial charge in [-0.2, -0.15) is 0 Å². The van der Waals surface area contributed by atoms with Crippen molar-refractivity contribution in [1.82, 2.24) is 15.1 Å². The topological polar surface area (TPSA) is 125 Å². The minimum atomic E-state index is -1.23. The lowest BCUT2D eigenvalue weighted by Gasteiger charge is -2.42. The van der Waals surface area contributed by atoms with Crippen LogP contribution in [0.2, 0.25) is 0 Å². The summed E-state index contributed by atoms with van der Waals surface area (Å²) in [6.45, 7) is 17.3. The van der Waals surface area contributed by atoms with E-state index in [0.29, 0.717) is 37.8 Å². The van der Waals surface area contributed by atoms with Crippen LogP contribution >= 0.6 is 0 Å². The lowest BCUT2D eigenvalue weighted by atomic mass is 9.70. The van der Waals surface area contributed by atoms with Crippen LogP contribution in [0.5, 0.6) is 0 Å². The van der Waals surface area contributed by atoms with E-state index in [9.17, 15) is 24.3 Å². The van der Waals surface area contributed by atoms with Gasteiger partial charge in [0, 0.05) is 19.0 Å². The van der Waals surface area contributed by atoms with Crippen LogP contribution in [0.1, 0.15) is 91.2 Å². The summed E-state index contributed by atoms with van der Waals surface area (Å²) >= 11 is 0. The predicted octanol–water partition coefficient (Wildman–Crippen LogP) is 4.73. The zero-order valence-electron chi connectivity index (χ0n) is 29.3. The van der Waals surface area contributed by atoms with Crippen molar-refractivity contribution in [3.63, 3.8) is 0 Å². The van der Waals surface area contributed by atoms with Crippen molar-refractivity contribution in [3.8, 4) is 0 Å². The fourth-order valence-corrected chi connectivity index (χ4v) is 8.11. The molecule has 0 aliphatic carbocycles. The van der Waals surface area contributed by atoms with Crippen molar-refractivity contribution in [2.24, 2.45) is 17.8 Å². The highest BCUT2D eigenvalue weighted by molar-refractivity contribution is 5.98. The van der Waals surface area contributed by atoms with Gasteiger partial charge >= 0.3 is 5.97 Å². The van der Waals surface area contributed by atoms with E-state index < -0.39 is 53.7 Å². The second-order valence-electron chi connectivity index (χ2n) is 13.8. The Morgan fingerprint density at radius 3 is 2.48 bits per heavy atom. The van der Waals surface area contributed by atoms with Crippen LogP contribution < -0.4 is 5.32 Å². The monoisotopic (exact) mass is 665 g/mol. The van der Waals surface area contributed by atoms with Gasteiger partial charge in [0.25, 0.3) is 0 Å². The quantitative estimate of drug-likeness (QED) is 0.172. The molecule has 0 aromatic heterocycles. The number of likely N-dealkylation sites (tertiary alicyclic amines) is 1. The van der Waals surface area contributed by atoms with Crippen molar-refractivity contribution in [1.29, 1.82) is 0 Å². The normalized spacial score (nSPS) is 27.4. The highest BCUT2D eigenvalue weighted by Crippen LogP contribution is 2.59. The molecule has 48 heavy (non-hydrogen) atoms. The van der Waals surface area contributed by atoms with Gasteiger partial charge in [-0.1, -0.05) is 76.1 Å². The van der Waals surface area contributed by atoms with E-state index in [4.69, 9.17) is 9.47 Å². The number of benzene rings is 1. The lowest BCUT2D eigenvalue weighted by Crippen LogP contribution is -2.60. The zero-order valence-corrected chi connectivity index (χ0v) is 29.3. The first-order chi connectivity index (χ1) is 23.0. The number of nitrogens with zero attached hydrogens (tertiary/aromatic N) is 2. The average molecular weight is 666 g/mol. The van der Waals surface area contributed by atoms with Gasteiger partial charge in [-0.25, -0.2) is 0 Å². The van der Waals surface area contributed by atoms with Crippen molar-refractivity contribution < 1.29 is 33.8 Å². The number of allylic oxidation sites excluding steroid dienone is 1. The second kappa shape index (κ2) is 16.3. The maximum Gasteiger partial charge on any atom is 0.313 e. The van der Waals surface area contributed by atoms with Crippen LogP contribution in [0.3, 0.4) is 0 Å². The number of hydrogen-bond acceptors (Lipinski definition) is 7. The van der Waals surface area contributed by atoms with E-state index in [-0.39, 0.29) is 42.7 Å². The summed E-state index contributed by atoms with van der Waals surface area (Å²) in [4.78, 5) is 59.7. The highest BCUT2D eigenvalue weighted by Gasteiger charge is 2.76. The molecule has 4 rings (SSSR count). The number of rotatable bonds is 18. The third kappa shape index (κ3) is 7.10. The number of aliphatic hydroxyl groups excluding tert-OH is 1. The molecular formula is C38H55N3O7. The van der Waals surface area contributed by atoms with E-state index in [1.54, 1.807) is 28.9 Å². The Kier molecular flexibility index (Phi) is 12.6. The van der Waals surface area contributed by atoms with Gasteiger partial charge in [0.2, 0.25) is 17.7 Å². The molecule has 3 saturated heterocycles. The molecule has 2 N–H and O–H groups in total. The number of nitrogens with one attached hydrogen (secondary N) is 1. The first kappa shape index (κ1) is 37.3. The molecule has 0 saturated carbocycles. The highest BCUT2D eigenvalue weighted by atomic mass is 16.6. The van der Waals surface area contributed by atoms with E-state index in [1.165, 1.54) is 0 Å². The number of carbonyl (C=O) groups is 4. The van der Waals surface area contributed by atoms with E-state index >= 15 is 0 Å². The Bertz CT molecular complexity index is 1320. The number of fused-ring (bicyclic) bond motifs is 1. The minimum absolute atomic E-state index is 0.110. The molecule has 264 valence electrons. The van der Waals surface area contributed by atoms with Crippen LogP contribution in [0.4, 0.5) is 0 Å². The first-order valence-corrected chi connectivity index (χ1v) is 17.7. The molecule has 10 atom stereocenters. The van der Waals surface area contributed by atoms with Crippen LogP contribution in [-0.2, 0) is 28.7 Å². The third-order valence-electron chi connectivity index (χ3n) is 10.7. The number of amides is 3. The van der Waals surface area contributed by atoms with Gasteiger partial charge in [0.05, 0.1) is 36.6 Å². The second-order valence-corrected chi connectivity index (χ2v) is 13.8. The van der Waals surface area contributed by atoms with Gasteiger partial charge in [-0.05, 0) is 51.0 Å².